The normalized spacial score (nSPS) is 29.4. The van der Waals surface area contributed by atoms with Gasteiger partial charge in [-0.15, -0.1) is 0 Å². The van der Waals surface area contributed by atoms with Crippen molar-refractivity contribution in [3.63, 3.8) is 0 Å². The van der Waals surface area contributed by atoms with E-state index in [1.54, 1.807) is 6.20 Å². The summed E-state index contributed by atoms with van der Waals surface area (Å²) in [5, 5.41) is 9.91. The van der Waals surface area contributed by atoms with Gasteiger partial charge in [-0.05, 0) is 25.0 Å². The van der Waals surface area contributed by atoms with Crippen molar-refractivity contribution in [2.45, 2.75) is 25.7 Å². The highest BCUT2D eigenvalue weighted by molar-refractivity contribution is 5.83. The first kappa shape index (κ1) is 16.5. The van der Waals surface area contributed by atoms with Crippen LogP contribution in [0.5, 0.6) is 0 Å². The molecule has 25 heavy (non-hydrogen) atoms. The summed E-state index contributed by atoms with van der Waals surface area (Å²) < 4.78 is 0. The highest BCUT2D eigenvalue weighted by Gasteiger charge is 2.58. The molecular weight excluding hydrogens is 318 g/mol. The van der Waals surface area contributed by atoms with Gasteiger partial charge < -0.3 is 14.9 Å². The maximum atomic E-state index is 12.5. The lowest BCUT2D eigenvalue weighted by Crippen LogP contribution is -2.44. The molecule has 6 nitrogen and oxygen atoms in total. The van der Waals surface area contributed by atoms with E-state index >= 15 is 0 Å². The number of nitrogens with zero attached hydrogens (tertiary/aromatic N) is 3. The molecule has 3 fully saturated rings. The fourth-order valence-electron chi connectivity index (χ4n) is 4.54. The van der Waals surface area contributed by atoms with E-state index in [0.717, 1.165) is 44.5 Å². The van der Waals surface area contributed by atoms with Gasteiger partial charge in [0.25, 0.3) is 0 Å². The van der Waals surface area contributed by atoms with Gasteiger partial charge in [-0.2, -0.15) is 0 Å². The van der Waals surface area contributed by atoms with Crippen molar-refractivity contribution < 1.29 is 14.7 Å². The van der Waals surface area contributed by atoms with Crippen molar-refractivity contribution in [1.29, 1.82) is 0 Å². The molecule has 3 aliphatic rings. The molecule has 1 saturated carbocycles. The SMILES string of the molecule is O=C(C1CCC1)N1C[C@@H]2CN(CCc3ccccn3)C[C@]2(C(=O)O)C1. The largest absolute Gasteiger partial charge is 0.481 e. The molecule has 0 unspecified atom stereocenters. The minimum Gasteiger partial charge on any atom is -0.481 e. The number of carbonyl (C=O) groups excluding carboxylic acids is 1. The number of hydrogen-bond donors (Lipinski definition) is 1. The van der Waals surface area contributed by atoms with Gasteiger partial charge in [0.05, 0.1) is 0 Å². The second kappa shape index (κ2) is 6.41. The molecular formula is C19H25N3O3. The van der Waals surface area contributed by atoms with Crippen LogP contribution in [0.4, 0.5) is 0 Å². The molecule has 2 atom stereocenters. The van der Waals surface area contributed by atoms with E-state index < -0.39 is 11.4 Å². The topological polar surface area (TPSA) is 73.7 Å². The summed E-state index contributed by atoms with van der Waals surface area (Å²) in [4.78, 5) is 33.0. The summed E-state index contributed by atoms with van der Waals surface area (Å²) in [6, 6.07) is 5.88. The van der Waals surface area contributed by atoms with Crippen LogP contribution in [0, 0.1) is 17.3 Å². The van der Waals surface area contributed by atoms with Crippen molar-refractivity contribution in [3.8, 4) is 0 Å². The van der Waals surface area contributed by atoms with Crippen LogP contribution in [-0.2, 0) is 16.0 Å². The maximum absolute atomic E-state index is 12.5. The zero-order chi connectivity index (χ0) is 17.4. The third-order valence-corrected chi connectivity index (χ3v) is 6.28. The molecule has 1 N–H and O–H groups in total. The summed E-state index contributed by atoms with van der Waals surface area (Å²) in [5.74, 6) is -0.384. The fraction of sp³-hybridized carbons (Fsp3) is 0.632. The molecule has 0 spiro atoms. The first-order valence-electron chi connectivity index (χ1n) is 9.23. The van der Waals surface area contributed by atoms with Gasteiger partial charge in [-0.1, -0.05) is 12.5 Å². The van der Waals surface area contributed by atoms with Crippen molar-refractivity contribution in [2.75, 3.05) is 32.7 Å². The van der Waals surface area contributed by atoms with Gasteiger partial charge in [-0.25, -0.2) is 0 Å². The van der Waals surface area contributed by atoms with Crippen LogP contribution >= 0.6 is 0 Å². The Bertz CT molecular complexity index is 661. The Balaban J connectivity index is 1.40. The average Bonchev–Trinajstić information content (AvgIpc) is 3.07. The molecule has 1 amide bonds. The van der Waals surface area contributed by atoms with Crippen molar-refractivity contribution in [1.82, 2.24) is 14.8 Å². The number of carboxylic acid groups (broad SMARTS) is 1. The van der Waals surface area contributed by atoms with Crippen LogP contribution < -0.4 is 0 Å². The van der Waals surface area contributed by atoms with E-state index in [0.29, 0.717) is 19.6 Å². The van der Waals surface area contributed by atoms with E-state index in [9.17, 15) is 14.7 Å². The Morgan fingerprint density at radius 2 is 2.08 bits per heavy atom. The van der Waals surface area contributed by atoms with Gasteiger partial charge in [0.1, 0.15) is 5.41 Å². The predicted molar refractivity (Wildman–Crippen MR) is 91.9 cm³/mol. The van der Waals surface area contributed by atoms with Crippen LogP contribution in [0.25, 0.3) is 0 Å². The Kier molecular flexibility index (Phi) is 4.23. The number of amides is 1. The number of likely N-dealkylation sites (tertiary alicyclic amines) is 2. The van der Waals surface area contributed by atoms with Crippen molar-refractivity contribution >= 4 is 11.9 Å². The molecule has 2 aliphatic heterocycles. The molecule has 1 aromatic heterocycles. The number of hydrogen-bond acceptors (Lipinski definition) is 4. The lowest BCUT2D eigenvalue weighted by molar-refractivity contribution is -0.149. The molecule has 134 valence electrons. The minimum absolute atomic E-state index is 0.0396. The van der Waals surface area contributed by atoms with Crippen LogP contribution in [0.15, 0.2) is 24.4 Å². The Labute approximate surface area is 147 Å². The third-order valence-electron chi connectivity index (χ3n) is 6.28. The smallest absolute Gasteiger partial charge is 0.313 e. The Hall–Kier alpha value is -1.95. The highest BCUT2D eigenvalue weighted by atomic mass is 16.4. The second-order valence-electron chi connectivity index (χ2n) is 7.81. The predicted octanol–water partition coefficient (Wildman–Crippen LogP) is 1.27. The molecule has 1 aromatic rings. The second-order valence-corrected chi connectivity index (χ2v) is 7.81. The number of aromatic nitrogens is 1. The summed E-state index contributed by atoms with van der Waals surface area (Å²) in [6.07, 6.45) is 5.68. The van der Waals surface area contributed by atoms with Crippen LogP contribution in [0.1, 0.15) is 25.0 Å². The lowest BCUT2D eigenvalue weighted by Gasteiger charge is -2.31. The molecule has 0 bridgehead atoms. The average molecular weight is 343 g/mol. The van der Waals surface area contributed by atoms with Gasteiger partial charge in [0.15, 0.2) is 0 Å². The molecule has 4 rings (SSSR count). The number of rotatable bonds is 5. The van der Waals surface area contributed by atoms with Gasteiger partial charge >= 0.3 is 5.97 Å². The van der Waals surface area contributed by atoms with Crippen LogP contribution in [0.2, 0.25) is 0 Å². The molecule has 6 heteroatoms. The molecule has 3 heterocycles. The first-order valence-corrected chi connectivity index (χ1v) is 9.23. The van der Waals surface area contributed by atoms with E-state index in [-0.39, 0.29) is 17.7 Å². The number of carboxylic acids is 1. The minimum atomic E-state index is -0.788. The monoisotopic (exact) mass is 343 g/mol. The Morgan fingerprint density at radius 3 is 2.68 bits per heavy atom. The number of fused-ring (bicyclic) bond motifs is 1. The zero-order valence-corrected chi connectivity index (χ0v) is 14.4. The summed E-state index contributed by atoms with van der Waals surface area (Å²) in [6.45, 7) is 3.09. The lowest BCUT2D eigenvalue weighted by atomic mass is 9.81. The Morgan fingerprint density at radius 1 is 1.24 bits per heavy atom. The summed E-state index contributed by atoms with van der Waals surface area (Å²) in [7, 11) is 0. The van der Waals surface area contributed by atoms with Gasteiger partial charge in [0, 0.05) is 62.9 Å². The number of aliphatic carboxylic acids is 1. The zero-order valence-electron chi connectivity index (χ0n) is 14.4. The molecule has 0 radical (unpaired) electrons. The first-order chi connectivity index (χ1) is 12.1. The van der Waals surface area contributed by atoms with Gasteiger partial charge in [-0.3, -0.25) is 14.6 Å². The maximum Gasteiger partial charge on any atom is 0.313 e. The summed E-state index contributed by atoms with van der Waals surface area (Å²) in [5.41, 5.74) is 0.245. The molecule has 1 aliphatic carbocycles. The van der Waals surface area contributed by atoms with Crippen molar-refractivity contribution in [2.24, 2.45) is 17.3 Å². The number of carbonyl (C=O) groups is 2. The van der Waals surface area contributed by atoms with E-state index in [1.807, 2.05) is 23.1 Å². The standard InChI is InChI=1S/C19H25N3O3/c23-17(14-4-3-5-14)22-11-15-10-21(12-19(15,13-22)18(24)25)9-7-16-6-1-2-8-20-16/h1-2,6,8,14-15H,3-5,7,9-13H2,(H,24,25)/t15-,19-/m0/s1. The van der Waals surface area contributed by atoms with E-state index in [4.69, 9.17) is 0 Å². The van der Waals surface area contributed by atoms with Crippen LogP contribution in [-0.4, -0.2) is 64.5 Å². The highest BCUT2D eigenvalue weighted by Crippen LogP contribution is 2.44. The summed E-state index contributed by atoms with van der Waals surface area (Å²) >= 11 is 0. The molecule has 2 saturated heterocycles. The van der Waals surface area contributed by atoms with E-state index in [1.165, 1.54) is 0 Å². The van der Waals surface area contributed by atoms with E-state index in [2.05, 4.69) is 9.88 Å². The fourth-order valence-corrected chi connectivity index (χ4v) is 4.54. The third kappa shape index (κ3) is 2.92. The van der Waals surface area contributed by atoms with Crippen LogP contribution in [0.3, 0.4) is 0 Å². The quantitative estimate of drug-likeness (QED) is 0.871. The van der Waals surface area contributed by atoms with Gasteiger partial charge in [0.2, 0.25) is 5.91 Å². The van der Waals surface area contributed by atoms with Crippen molar-refractivity contribution in [3.05, 3.63) is 30.1 Å². The number of pyridine rings is 1. The molecule has 0 aromatic carbocycles.